The molecule has 1 nitrogen and oxygen atoms in total. The highest BCUT2D eigenvalue weighted by molar-refractivity contribution is 5.33. The maximum atomic E-state index is 6.82. The molecule has 0 amide bonds. The number of hydrogen-bond donors (Lipinski definition) is 0. The summed E-state index contributed by atoms with van der Waals surface area (Å²) in [5, 5.41) is 0. The molecule has 1 saturated carbocycles. The second-order valence-electron chi connectivity index (χ2n) is 3.29. The summed E-state index contributed by atoms with van der Waals surface area (Å²) < 4.78 is 0. The number of nitrogens with zero attached hydrogens (tertiary/aromatic N) is 1. The second kappa shape index (κ2) is 2.98. The highest BCUT2D eigenvalue weighted by Gasteiger charge is 2.25. The Morgan fingerprint density at radius 1 is 1.33 bits per heavy atom. The zero-order valence-corrected chi connectivity index (χ0v) is 6.96. The predicted molar refractivity (Wildman–Crippen MR) is 48.7 cm³/mol. The Kier molecular flexibility index (Phi) is 1.83. The summed E-state index contributed by atoms with van der Waals surface area (Å²) in [6.45, 7) is 7.37. The lowest BCUT2D eigenvalue weighted by Crippen LogP contribution is -1.88. The molecule has 0 radical (unpaired) electrons. The maximum absolute atomic E-state index is 6.82. The van der Waals surface area contributed by atoms with Gasteiger partial charge in [0.05, 0.1) is 0 Å². The fourth-order valence-electron chi connectivity index (χ4n) is 1.56. The van der Waals surface area contributed by atoms with E-state index in [-0.39, 0.29) is 0 Å². The zero-order valence-electron chi connectivity index (χ0n) is 6.96. The van der Waals surface area contributed by atoms with Gasteiger partial charge in [-0.2, -0.15) is 0 Å². The summed E-state index contributed by atoms with van der Waals surface area (Å²) in [4.78, 5) is 3.43. The van der Waals surface area contributed by atoms with E-state index in [4.69, 9.17) is 6.57 Å². The molecule has 0 heterocycles. The van der Waals surface area contributed by atoms with E-state index in [2.05, 4.69) is 23.0 Å². The van der Waals surface area contributed by atoms with Crippen molar-refractivity contribution in [1.82, 2.24) is 0 Å². The molecule has 1 heteroatoms. The first kappa shape index (κ1) is 7.36. The van der Waals surface area contributed by atoms with Crippen LogP contribution in [-0.2, 0) is 6.54 Å². The summed E-state index contributed by atoms with van der Waals surface area (Å²) in [5.41, 5.74) is 2.64. The lowest BCUT2D eigenvalue weighted by molar-refractivity contribution is 1.07. The maximum Gasteiger partial charge on any atom is 0.240 e. The second-order valence-corrected chi connectivity index (χ2v) is 3.29. The minimum absolute atomic E-state index is 0.548. The molecule has 1 aliphatic carbocycles. The molecule has 1 aromatic rings. The first-order chi connectivity index (χ1) is 5.92. The molecule has 0 N–H and O–H groups in total. The van der Waals surface area contributed by atoms with Crippen LogP contribution in [0.25, 0.3) is 4.85 Å². The van der Waals surface area contributed by atoms with Gasteiger partial charge in [0, 0.05) is 5.56 Å². The van der Waals surface area contributed by atoms with Crippen molar-refractivity contribution < 1.29 is 0 Å². The Morgan fingerprint density at radius 3 is 2.75 bits per heavy atom. The monoisotopic (exact) mass is 157 g/mol. The van der Waals surface area contributed by atoms with Crippen molar-refractivity contribution in [3.63, 3.8) is 0 Å². The minimum Gasteiger partial charge on any atom is -0.312 e. The van der Waals surface area contributed by atoms with Gasteiger partial charge in [-0.3, -0.25) is 0 Å². The number of hydrogen-bond acceptors (Lipinski definition) is 0. The van der Waals surface area contributed by atoms with Gasteiger partial charge in [0.25, 0.3) is 0 Å². The molecule has 0 unspecified atom stereocenters. The van der Waals surface area contributed by atoms with Gasteiger partial charge in [-0.1, -0.05) is 24.3 Å². The molecule has 12 heavy (non-hydrogen) atoms. The molecule has 2 rings (SSSR count). The summed E-state index contributed by atoms with van der Waals surface area (Å²) in [7, 11) is 0. The predicted octanol–water partition coefficient (Wildman–Crippen LogP) is 2.98. The van der Waals surface area contributed by atoms with Gasteiger partial charge in [-0.25, -0.2) is 6.57 Å². The van der Waals surface area contributed by atoms with Crippen molar-refractivity contribution in [2.24, 2.45) is 0 Å². The van der Waals surface area contributed by atoms with Crippen molar-refractivity contribution in [2.45, 2.75) is 25.3 Å². The van der Waals surface area contributed by atoms with E-state index in [1.54, 1.807) is 0 Å². The van der Waals surface area contributed by atoms with Crippen LogP contribution in [0.15, 0.2) is 24.3 Å². The Bertz CT molecular complexity index is 318. The van der Waals surface area contributed by atoms with E-state index < -0.39 is 0 Å². The van der Waals surface area contributed by atoms with Gasteiger partial charge in [-0.05, 0) is 24.3 Å². The normalized spacial score (nSPS) is 15.6. The fraction of sp³-hybridized carbons (Fsp3) is 0.364. The summed E-state index contributed by atoms with van der Waals surface area (Å²) in [6.07, 6.45) is 2.63. The molecule has 0 saturated heterocycles. The van der Waals surface area contributed by atoms with E-state index in [0.717, 1.165) is 5.92 Å². The van der Waals surface area contributed by atoms with Crippen molar-refractivity contribution in [1.29, 1.82) is 0 Å². The van der Waals surface area contributed by atoms with Crippen LogP contribution >= 0.6 is 0 Å². The third kappa shape index (κ3) is 1.33. The number of rotatable bonds is 2. The molecule has 0 spiro atoms. The van der Waals surface area contributed by atoms with E-state index in [1.165, 1.54) is 24.0 Å². The molecular formula is C11H11N. The highest BCUT2D eigenvalue weighted by atomic mass is 14.6. The lowest BCUT2D eigenvalue weighted by atomic mass is 10.0. The van der Waals surface area contributed by atoms with E-state index in [1.807, 2.05) is 6.07 Å². The van der Waals surface area contributed by atoms with Gasteiger partial charge in [0.2, 0.25) is 6.54 Å². The molecule has 0 aromatic heterocycles. The minimum atomic E-state index is 0.548. The quantitative estimate of drug-likeness (QED) is 0.581. The third-order valence-electron chi connectivity index (χ3n) is 2.32. The molecule has 1 aliphatic rings. The van der Waals surface area contributed by atoms with Crippen molar-refractivity contribution in [3.8, 4) is 0 Å². The van der Waals surface area contributed by atoms with Gasteiger partial charge >= 0.3 is 0 Å². The van der Waals surface area contributed by atoms with Crippen LogP contribution in [0.3, 0.4) is 0 Å². The molecule has 0 bridgehead atoms. The molecule has 1 fully saturated rings. The Balaban J connectivity index is 2.31. The first-order valence-electron chi connectivity index (χ1n) is 4.33. The van der Waals surface area contributed by atoms with Crippen molar-refractivity contribution >= 4 is 0 Å². The van der Waals surface area contributed by atoms with Gasteiger partial charge in [-0.15, -0.1) is 0 Å². The third-order valence-corrected chi connectivity index (χ3v) is 2.32. The molecule has 0 atom stereocenters. The largest absolute Gasteiger partial charge is 0.312 e. The van der Waals surface area contributed by atoms with Crippen LogP contribution < -0.4 is 0 Å². The summed E-state index contributed by atoms with van der Waals surface area (Å²) >= 11 is 0. The fourth-order valence-corrected chi connectivity index (χ4v) is 1.56. The molecular weight excluding hydrogens is 146 g/mol. The first-order valence-corrected chi connectivity index (χ1v) is 4.33. The number of benzene rings is 1. The Morgan fingerprint density at radius 2 is 2.08 bits per heavy atom. The van der Waals surface area contributed by atoms with E-state index in [9.17, 15) is 0 Å². The van der Waals surface area contributed by atoms with Crippen LogP contribution in [0.1, 0.15) is 29.9 Å². The van der Waals surface area contributed by atoms with Crippen molar-refractivity contribution in [3.05, 3.63) is 46.8 Å². The summed E-state index contributed by atoms with van der Waals surface area (Å²) in [6, 6.07) is 8.33. The van der Waals surface area contributed by atoms with Crippen LogP contribution in [0.2, 0.25) is 0 Å². The highest BCUT2D eigenvalue weighted by Crippen LogP contribution is 2.41. The smallest absolute Gasteiger partial charge is 0.240 e. The van der Waals surface area contributed by atoms with Gasteiger partial charge in [0.15, 0.2) is 0 Å². The Hall–Kier alpha value is -1.29. The lowest BCUT2D eigenvalue weighted by Gasteiger charge is -2.01. The van der Waals surface area contributed by atoms with Crippen LogP contribution in [0.5, 0.6) is 0 Å². The zero-order chi connectivity index (χ0) is 8.39. The average molecular weight is 157 g/mol. The molecule has 60 valence electrons. The van der Waals surface area contributed by atoms with Crippen LogP contribution in [-0.4, -0.2) is 0 Å². The standard InChI is InChI=1S/C11H11N/c1-12-8-10-4-2-3-5-11(10)9-6-7-9/h2-5,9H,6-8H2. The van der Waals surface area contributed by atoms with Gasteiger partial charge in [0.1, 0.15) is 0 Å². The van der Waals surface area contributed by atoms with Crippen LogP contribution in [0, 0.1) is 6.57 Å². The van der Waals surface area contributed by atoms with Crippen LogP contribution in [0.4, 0.5) is 0 Å². The van der Waals surface area contributed by atoms with E-state index in [0.29, 0.717) is 6.54 Å². The van der Waals surface area contributed by atoms with E-state index >= 15 is 0 Å². The summed E-state index contributed by atoms with van der Waals surface area (Å²) in [5.74, 6) is 0.767. The topological polar surface area (TPSA) is 4.36 Å². The molecule has 1 aromatic carbocycles. The van der Waals surface area contributed by atoms with Gasteiger partial charge < -0.3 is 4.85 Å². The SMILES string of the molecule is [C-]#[N+]Cc1ccccc1C1CC1. The van der Waals surface area contributed by atoms with Crippen molar-refractivity contribution in [2.75, 3.05) is 0 Å². The Labute approximate surface area is 72.9 Å². The average Bonchev–Trinajstić information content (AvgIpc) is 2.89. The molecule has 0 aliphatic heterocycles.